The lowest BCUT2D eigenvalue weighted by Gasteiger charge is -1.88. The molecule has 66 valence electrons. The average Bonchev–Trinajstić information content (AvgIpc) is 2.79. The van der Waals surface area contributed by atoms with Crippen LogP contribution in [-0.2, 0) is 9.68 Å². The molecule has 2 saturated heterocycles. The molecular weight excluding hydrogens is 144 g/mol. The van der Waals surface area contributed by atoms with E-state index in [2.05, 4.69) is 22.7 Å². The van der Waals surface area contributed by atoms with E-state index in [-0.39, 0.29) is 11.4 Å². The lowest BCUT2D eigenvalue weighted by Crippen LogP contribution is -2.04. The fourth-order valence-electron chi connectivity index (χ4n) is 0.334. The van der Waals surface area contributed by atoms with E-state index in [9.17, 15) is 0 Å². The van der Waals surface area contributed by atoms with Gasteiger partial charge in [-0.1, -0.05) is 6.92 Å². The van der Waals surface area contributed by atoms with Crippen molar-refractivity contribution >= 4 is 0 Å². The van der Waals surface area contributed by atoms with Gasteiger partial charge in [-0.3, -0.25) is 9.68 Å². The SMILES string of the molecule is CC1(C)NO1.CCC1(C)NO1. The molecular formula is C7H16N2O2. The van der Waals surface area contributed by atoms with Crippen molar-refractivity contribution < 1.29 is 9.68 Å². The van der Waals surface area contributed by atoms with Gasteiger partial charge in [0.2, 0.25) is 0 Å². The number of hydroxylamine groups is 2. The quantitative estimate of drug-likeness (QED) is 0.559. The maximum atomic E-state index is 4.80. The van der Waals surface area contributed by atoms with E-state index in [1.807, 2.05) is 20.8 Å². The molecule has 0 aromatic rings. The second-order valence-corrected chi connectivity index (χ2v) is 3.50. The molecule has 2 aliphatic heterocycles. The van der Waals surface area contributed by atoms with Gasteiger partial charge in [-0.25, -0.2) is 0 Å². The Hall–Kier alpha value is -0.160. The molecule has 0 aliphatic carbocycles. The third kappa shape index (κ3) is 3.67. The van der Waals surface area contributed by atoms with Crippen LogP contribution in [0.15, 0.2) is 0 Å². The second-order valence-electron chi connectivity index (χ2n) is 3.50. The van der Waals surface area contributed by atoms with Crippen LogP contribution in [-0.4, -0.2) is 11.4 Å². The van der Waals surface area contributed by atoms with Crippen molar-refractivity contribution in [1.82, 2.24) is 11.0 Å². The first-order chi connectivity index (χ1) is 4.97. The second kappa shape index (κ2) is 2.71. The van der Waals surface area contributed by atoms with Crippen molar-refractivity contribution in [2.24, 2.45) is 0 Å². The Kier molecular flexibility index (Phi) is 2.20. The Labute approximate surface area is 67.2 Å². The minimum absolute atomic E-state index is 0. The van der Waals surface area contributed by atoms with E-state index in [0.717, 1.165) is 6.42 Å². The first-order valence-electron chi connectivity index (χ1n) is 3.88. The predicted octanol–water partition coefficient (Wildman–Crippen LogP) is 0.905. The molecule has 2 fully saturated rings. The summed E-state index contributed by atoms with van der Waals surface area (Å²) >= 11 is 0. The summed E-state index contributed by atoms with van der Waals surface area (Å²) in [5.41, 5.74) is 5.48. The third-order valence-corrected chi connectivity index (χ3v) is 1.64. The number of rotatable bonds is 1. The molecule has 0 bridgehead atoms. The molecule has 2 heterocycles. The Morgan fingerprint density at radius 1 is 1.09 bits per heavy atom. The van der Waals surface area contributed by atoms with E-state index in [1.165, 1.54) is 0 Å². The van der Waals surface area contributed by atoms with E-state index in [4.69, 9.17) is 4.84 Å². The lowest BCUT2D eigenvalue weighted by molar-refractivity contribution is 0.302. The lowest BCUT2D eigenvalue weighted by atomic mass is 10.2. The Balaban J connectivity index is 0.000000112. The molecule has 2 aliphatic rings. The maximum Gasteiger partial charge on any atom is 0.158 e. The largest absolute Gasteiger partial charge is 0.275 e. The molecule has 0 aromatic carbocycles. The number of hydrogen-bond donors (Lipinski definition) is 2. The van der Waals surface area contributed by atoms with E-state index >= 15 is 0 Å². The third-order valence-electron chi connectivity index (χ3n) is 1.64. The molecule has 11 heavy (non-hydrogen) atoms. The Morgan fingerprint density at radius 2 is 1.45 bits per heavy atom. The van der Waals surface area contributed by atoms with E-state index in [1.54, 1.807) is 0 Å². The zero-order valence-corrected chi connectivity index (χ0v) is 7.52. The first-order valence-corrected chi connectivity index (χ1v) is 3.88. The Bertz CT molecular complexity index is 137. The smallest absolute Gasteiger partial charge is 0.158 e. The molecule has 2 rings (SSSR count). The summed E-state index contributed by atoms with van der Waals surface area (Å²) in [5, 5.41) is 0. The van der Waals surface area contributed by atoms with Gasteiger partial charge in [0, 0.05) is 0 Å². The molecule has 0 aromatic heterocycles. The standard InChI is InChI=1S/C4H9NO.C3H7NO/c1-3-4(2)5-6-4;1-3(2)4-5-3/h5H,3H2,1-2H3;4H,1-2H3. The zero-order valence-electron chi connectivity index (χ0n) is 7.52. The summed E-state index contributed by atoms with van der Waals surface area (Å²) in [4.78, 5) is 9.44. The van der Waals surface area contributed by atoms with Crippen LogP contribution in [0.4, 0.5) is 0 Å². The molecule has 1 unspecified atom stereocenters. The van der Waals surface area contributed by atoms with Crippen molar-refractivity contribution in [3.63, 3.8) is 0 Å². The van der Waals surface area contributed by atoms with Crippen LogP contribution in [0.25, 0.3) is 0 Å². The summed E-state index contributed by atoms with van der Waals surface area (Å²) in [6.45, 7) is 8.03. The van der Waals surface area contributed by atoms with Gasteiger partial charge in [0.05, 0.1) is 0 Å². The monoisotopic (exact) mass is 160 g/mol. The summed E-state index contributed by atoms with van der Waals surface area (Å²) < 4.78 is 0. The van der Waals surface area contributed by atoms with E-state index < -0.39 is 0 Å². The van der Waals surface area contributed by atoms with Crippen LogP contribution in [0, 0.1) is 0 Å². The number of hydrogen-bond acceptors (Lipinski definition) is 4. The van der Waals surface area contributed by atoms with Crippen LogP contribution in [0.5, 0.6) is 0 Å². The van der Waals surface area contributed by atoms with Gasteiger partial charge in [-0.15, -0.1) is 0 Å². The van der Waals surface area contributed by atoms with Crippen molar-refractivity contribution in [2.45, 2.75) is 45.6 Å². The molecule has 2 N–H and O–H groups in total. The molecule has 0 saturated carbocycles. The van der Waals surface area contributed by atoms with Crippen molar-refractivity contribution in [3.8, 4) is 0 Å². The van der Waals surface area contributed by atoms with Crippen LogP contribution in [0.3, 0.4) is 0 Å². The number of nitrogens with one attached hydrogen (secondary N) is 2. The van der Waals surface area contributed by atoms with Gasteiger partial charge in [-0.05, 0) is 27.2 Å². The van der Waals surface area contributed by atoms with Crippen LogP contribution in [0.1, 0.15) is 34.1 Å². The van der Waals surface area contributed by atoms with Crippen molar-refractivity contribution in [2.75, 3.05) is 0 Å². The summed E-state index contributed by atoms with van der Waals surface area (Å²) in [6, 6.07) is 0. The molecule has 0 amide bonds. The fourth-order valence-corrected chi connectivity index (χ4v) is 0.334. The van der Waals surface area contributed by atoms with Gasteiger partial charge in [0.15, 0.2) is 11.4 Å². The van der Waals surface area contributed by atoms with E-state index in [0.29, 0.717) is 0 Å². The highest BCUT2D eigenvalue weighted by Gasteiger charge is 2.36. The summed E-state index contributed by atoms with van der Waals surface area (Å²) in [6.07, 6.45) is 1.05. The molecule has 0 radical (unpaired) electrons. The Morgan fingerprint density at radius 3 is 1.45 bits per heavy atom. The topological polar surface area (TPSA) is 68.9 Å². The minimum atomic E-state index is 0. The molecule has 4 nitrogen and oxygen atoms in total. The van der Waals surface area contributed by atoms with Crippen LogP contribution >= 0.6 is 0 Å². The van der Waals surface area contributed by atoms with Gasteiger partial charge in [0.25, 0.3) is 0 Å². The van der Waals surface area contributed by atoms with Crippen molar-refractivity contribution in [3.05, 3.63) is 0 Å². The van der Waals surface area contributed by atoms with Gasteiger partial charge < -0.3 is 0 Å². The maximum absolute atomic E-state index is 4.80. The molecule has 4 heteroatoms. The highest BCUT2D eigenvalue weighted by Crippen LogP contribution is 2.20. The average molecular weight is 160 g/mol. The van der Waals surface area contributed by atoms with Crippen LogP contribution < -0.4 is 11.0 Å². The van der Waals surface area contributed by atoms with Gasteiger partial charge in [-0.2, -0.15) is 11.0 Å². The molecule has 1 atom stereocenters. The zero-order chi connectivity index (χ0) is 8.54. The summed E-state index contributed by atoms with van der Waals surface area (Å²) in [7, 11) is 0. The first kappa shape index (κ1) is 8.93. The highest BCUT2D eigenvalue weighted by atomic mass is 16.8. The fraction of sp³-hybridized carbons (Fsp3) is 1.00. The predicted molar refractivity (Wildman–Crippen MR) is 41.2 cm³/mol. The molecule has 0 spiro atoms. The van der Waals surface area contributed by atoms with Crippen molar-refractivity contribution in [1.29, 1.82) is 0 Å². The minimum Gasteiger partial charge on any atom is -0.275 e. The van der Waals surface area contributed by atoms with Gasteiger partial charge in [0.1, 0.15) is 0 Å². The van der Waals surface area contributed by atoms with Crippen LogP contribution in [0.2, 0.25) is 0 Å². The summed E-state index contributed by atoms with van der Waals surface area (Å²) in [5.74, 6) is 0. The van der Waals surface area contributed by atoms with Gasteiger partial charge >= 0.3 is 0 Å². The normalized spacial score (nSPS) is 37.1. The highest BCUT2D eigenvalue weighted by molar-refractivity contribution is 4.73.